The maximum absolute atomic E-state index is 12.9. The van der Waals surface area contributed by atoms with Crippen LogP contribution in [0, 0.1) is 5.92 Å². The number of halogens is 1. The van der Waals surface area contributed by atoms with Gasteiger partial charge in [0.05, 0.1) is 30.7 Å². The normalized spacial score (nSPS) is 14.6. The van der Waals surface area contributed by atoms with Crippen molar-refractivity contribution in [3.05, 3.63) is 28.8 Å². The highest BCUT2D eigenvalue weighted by atomic mass is 35.5. The van der Waals surface area contributed by atoms with Crippen molar-refractivity contribution in [3.63, 3.8) is 0 Å². The summed E-state index contributed by atoms with van der Waals surface area (Å²) < 4.78 is 10.8. The van der Waals surface area contributed by atoms with Crippen LogP contribution in [0.3, 0.4) is 0 Å². The third kappa shape index (κ3) is 6.35. The molecule has 1 heterocycles. The monoisotopic (exact) mass is 424 g/mol. The van der Waals surface area contributed by atoms with E-state index in [0.717, 1.165) is 0 Å². The molecule has 1 aromatic rings. The molecule has 8 heteroatoms. The summed E-state index contributed by atoms with van der Waals surface area (Å²) in [4.78, 5) is 40.4. The smallest absolute Gasteiger partial charge is 0.309 e. The second-order valence-corrected chi connectivity index (χ2v) is 7.81. The Morgan fingerprint density at radius 1 is 1.24 bits per heavy atom. The molecule has 2 amide bonds. The highest BCUT2D eigenvalue weighted by Crippen LogP contribution is 2.25. The molecule has 160 valence electrons. The van der Waals surface area contributed by atoms with Gasteiger partial charge in [0.25, 0.3) is 5.91 Å². The van der Waals surface area contributed by atoms with E-state index in [-0.39, 0.29) is 36.4 Å². The number of benzene rings is 1. The van der Waals surface area contributed by atoms with Gasteiger partial charge in [-0.25, -0.2) is 0 Å². The number of ether oxygens (including phenoxy) is 2. The Bertz CT molecular complexity index is 745. The molecular formula is C21H29ClN2O5. The maximum atomic E-state index is 12.9. The fourth-order valence-electron chi connectivity index (χ4n) is 3.23. The minimum Gasteiger partial charge on any atom is -0.490 e. The molecule has 0 aliphatic carbocycles. The molecule has 1 aliphatic rings. The van der Waals surface area contributed by atoms with Crippen molar-refractivity contribution in [2.75, 3.05) is 33.3 Å². The highest BCUT2D eigenvalue weighted by molar-refractivity contribution is 6.31. The zero-order valence-corrected chi connectivity index (χ0v) is 18.2. The molecule has 0 radical (unpaired) electrons. The first-order valence-corrected chi connectivity index (χ1v) is 10.3. The molecule has 0 spiro atoms. The van der Waals surface area contributed by atoms with Gasteiger partial charge in [-0.2, -0.15) is 0 Å². The number of likely N-dealkylation sites (N-methyl/N-ethyl adjacent to an activating group) is 1. The summed E-state index contributed by atoms with van der Waals surface area (Å²) in [5, 5.41) is 0.422. The lowest BCUT2D eigenvalue weighted by molar-refractivity contribution is -0.151. The van der Waals surface area contributed by atoms with Crippen molar-refractivity contribution >= 4 is 29.4 Å². The van der Waals surface area contributed by atoms with Crippen LogP contribution in [0.25, 0.3) is 0 Å². The van der Waals surface area contributed by atoms with Crippen molar-refractivity contribution in [2.45, 2.75) is 39.7 Å². The number of hydrogen-bond acceptors (Lipinski definition) is 5. The number of carbonyl (C=O) groups is 3. The number of hydrogen-bond donors (Lipinski definition) is 0. The van der Waals surface area contributed by atoms with E-state index >= 15 is 0 Å². The molecule has 0 unspecified atom stereocenters. The molecule has 7 nitrogen and oxygen atoms in total. The molecule has 2 rings (SSSR count). The number of piperidine rings is 1. The maximum Gasteiger partial charge on any atom is 0.309 e. The van der Waals surface area contributed by atoms with Crippen molar-refractivity contribution in [1.82, 2.24) is 9.80 Å². The number of amides is 2. The quantitative estimate of drug-likeness (QED) is 0.629. The van der Waals surface area contributed by atoms with Gasteiger partial charge in [-0.1, -0.05) is 11.6 Å². The molecule has 29 heavy (non-hydrogen) atoms. The first-order chi connectivity index (χ1) is 13.7. The van der Waals surface area contributed by atoms with E-state index in [9.17, 15) is 14.4 Å². The van der Waals surface area contributed by atoms with E-state index in [1.807, 2.05) is 13.8 Å². The second-order valence-electron chi connectivity index (χ2n) is 7.38. The second kappa shape index (κ2) is 10.5. The number of rotatable bonds is 7. The molecular weight excluding hydrogens is 396 g/mol. The fraction of sp³-hybridized carbons (Fsp3) is 0.571. The molecule has 1 aliphatic heterocycles. The first kappa shape index (κ1) is 23.0. The van der Waals surface area contributed by atoms with Gasteiger partial charge >= 0.3 is 5.97 Å². The van der Waals surface area contributed by atoms with Gasteiger partial charge < -0.3 is 19.3 Å². The van der Waals surface area contributed by atoms with Crippen molar-refractivity contribution in [1.29, 1.82) is 0 Å². The molecule has 0 atom stereocenters. The Labute approximate surface area is 176 Å². The lowest BCUT2D eigenvalue weighted by Gasteiger charge is -2.32. The van der Waals surface area contributed by atoms with E-state index in [0.29, 0.717) is 48.9 Å². The fourth-order valence-corrected chi connectivity index (χ4v) is 3.40. The summed E-state index contributed by atoms with van der Waals surface area (Å²) in [6.07, 6.45) is 1.04. The Kier molecular flexibility index (Phi) is 8.32. The van der Waals surface area contributed by atoms with Crippen LogP contribution in [0.15, 0.2) is 18.2 Å². The van der Waals surface area contributed by atoms with Crippen LogP contribution >= 0.6 is 11.6 Å². The number of nitrogens with zero attached hydrogens (tertiary/aromatic N) is 2. The zero-order chi connectivity index (χ0) is 21.6. The minimum absolute atomic E-state index is 0.0590. The van der Waals surface area contributed by atoms with Crippen molar-refractivity contribution in [2.24, 2.45) is 5.92 Å². The number of esters is 1. The van der Waals surface area contributed by atoms with E-state index in [2.05, 4.69) is 0 Å². The average molecular weight is 425 g/mol. The predicted octanol–water partition coefficient (Wildman–Crippen LogP) is 3.00. The summed E-state index contributed by atoms with van der Waals surface area (Å²) in [5.74, 6) is -0.426. The van der Waals surface area contributed by atoms with Crippen molar-refractivity contribution in [3.8, 4) is 5.75 Å². The lowest BCUT2D eigenvalue weighted by Crippen LogP contribution is -2.45. The number of likely N-dealkylation sites (tertiary alicyclic amines) is 1. The van der Waals surface area contributed by atoms with Gasteiger partial charge in [0.2, 0.25) is 5.91 Å². The Morgan fingerprint density at radius 2 is 1.90 bits per heavy atom. The van der Waals surface area contributed by atoms with Crippen LogP contribution < -0.4 is 4.74 Å². The molecule has 0 N–H and O–H groups in total. The summed E-state index contributed by atoms with van der Waals surface area (Å²) in [6.45, 7) is 6.77. The molecule has 0 saturated carbocycles. The standard InChI is InChI=1S/C21H29ClN2O5/c1-5-28-21(27)15-8-10-24(11-9-15)19(25)13-23(4)20(26)17-12-16(22)6-7-18(17)29-14(2)3/h6-7,12,14-15H,5,8-11,13H2,1-4H3. The van der Waals surface area contributed by atoms with Gasteiger partial charge in [-0.05, 0) is 51.8 Å². The summed E-state index contributed by atoms with van der Waals surface area (Å²) in [5.41, 5.74) is 0.322. The molecule has 0 bridgehead atoms. The molecule has 1 fully saturated rings. The SMILES string of the molecule is CCOC(=O)C1CCN(C(=O)CN(C)C(=O)c2cc(Cl)ccc2OC(C)C)CC1. The summed E-state index contributed by atoms with van der Waals surface area (Å²) in [6, 6.07) is 4.87. The molecule has 0 aromatic heterocycles. The van der Waals surface area contributed by atoms with Crippen LogP contribution in [0.5, 0.6) is 5.75 Å². The highest BCUT2D eigenvalue weighted by Gasteiger charge is 2.29. The van der Waals surface area contributed by atoms with Crippen LogP contribution in [0.4, 0.5) is 0 Å². The molecule has 1 saturated heterocycles. The number of carbonyl (C=O) groups excluding carboxylic acids is 3. The molecule has 1 aromatic carbocycles. The van der Waals surface area contributed by atoms with Gasteiger partial charge in [0, 0.05) is 25.2 Å². The van der Waals surface area contributed by atoms with E-state index < -0.39 is 0 Å². The summed E-state index contributed by atoms with van der Waals surface area (Å²) in [7, 11) is 1.58. The van der Waals surface area contributed by atoms with Gasteiger partial charge in [-0.3, -0.25) is 14.4 Å². The third-order valence-corrected chi connectivity index (χ3v) is 4.96. The van der Waals surface area contributed by atoms with Crippen LogP contribution in [0.2, 0.25) is 5.02 Å². The summed E-state index contributed by atoms with van der Waals surface area (Å²) >= 11 is 6.05. The van der Waals surface area contributed by atoms with E-state index in [1.54, 1.807) is 37.1 Å². The first-order valence-electron chi connectivity index (χ1n) is 9.89. The van der Waals surface area contributed by atoms with Gasteiger partial charge in [-0.15, -0.1) is 0 Å². The van der Waals surface area contributed by atoms with Crippen LogP contribution in [-0.4, -0.2) is 67.0 Å². The van der Waals surface area contributed by atoms with Crippen LogP contribution in [-0.2, 0) is 14.3 Å². The zero-order valence-electron chi connectivity index (χ0n) is 17.4. The van der Waals surface area contributed by atoms with Gasteiger partial charge in [0.1, 0.15) is 5.75 Å². The largest absolute Gasteiger partial charge is 0.490 e. The third-order valence-electron chi connectivity index (χ3n) is 4.72. The van der Waals surface area contributed by atoms with E-state index in [1.165, 1.54) is 4.90 Å². The Hall–Kier alpha value is -2.28. The Balaban J connectivity index is 1.97. The minimum atomic E-state index is -0.335. The van der Waals surface area contributed by atoms with Gasteiger partial charge in [0.15, 0.2) is 0 Å². The van der Waals surface area contributed by atoms with Crippen molar-refractivity contribution < 1.29 is 23.9 Å². The van der Waals surface area contributed by atoms with E-state index in [4.69, 9.17) is 21.1 Å². The lowest BCUT2D eigenvalue weighted by atomic mass is 9.97. The topological polar surface area (TPSA) is 76.2 Å². The van der Waals surface area contributed by atoms with Crippen LogP contribution in [0.1, 0.15) is 44.0 Å². The Morgan fingerprint density at radius 3 is 2.48 bits per heavy atom. The predicted molar refractivity (Wildman–Crippen MR) is 110 cm³/mol. The average Bonchev–Trinajstić information content (AvgIpc) is 2.68.